The third-order valence-corrected chi connectivity index (χ3v) is 3.84. The Balaban J connectivity index is 1.79. The van der Waals surface area contributed by atoms with E-state index < -0.39 is 5.97 Å². The highest BCUT2D eigenvalue weighted by atomic mass is 16.6. The van der Waals surface area contributed by atoms with Crippen LogP contribution >= 0.6 is 0 Å². The number of carboxylic acid groups (broad SMARTS) is 1. The first-order valence-electron chi connectivity index (χ1n) is 7.44. The molecule has 0 bridgehead atoms. The van der Waals surface area contributed by atoms with Crippen molar-refractivity contribution >= 4 is 12.1 Å². The lowest BCUT2D eigenvalue weighted by Gasteiger charge is -2.27. The van der Waals surface area contributed by atoms with E-state index >= 15 is 0 Å². The fourth-order valence-electron chi connectivity index (χ4n) is 2.70. The lowest BCUT2D eigenvalue weighted by molar-refractivity contribution is -0.138. The van der Waals surface area contributed by atoms with Crippen LogP contribution in [0.1, 0.15) is 18.4 Å². The van der Waals surface area contributed by atoms with Gasteiger partial charge in [0.15, 0.2) is 0 Å². The molecule has 1 aromatic carbocycles. The Bertz CT molecular complexity index is 506. The van der Waals surface area contributed by atoms with E-state index in [4.69, 9.17) is 9.84 Å². The average molecular weight is 306 g/mol. The Morgan fingerprint density at radius 1 is 1.36 bits per heavy atom. The van der Waals surface area contributed by atoms with E-state index in [1.54, 1.807) is 7.05 Å². The van der Waals surface area contributed by atoms with Crippen LogP contribution in [0.5, 0.6) is 0 Å². The zero-order valence-corrected chi connectivity index (χ0v) is 12.8. The van der Waals surface area contributed by atoms with Gasteiger partial charge in [-0.15, -0.1) is 0 Å². The predicted octanol–water partition coefficient (Wildman–Crippen LogP) is 1.80. The highest BCUT2D eigenvalue weighted by Crippen LogP contribution is 2.17. The molecule has 6 nitrogen and oxygen atoms in total. The second kappa shape index (κ2) is 7.79. The molecule has 6 heteroatoms. The molecule has 2 rings (SSSR count). The highest BCUT2D eigenvalue weighted by Gasteiger charge is 2.28. The monoisotopic (exact) mass is 306 g/mol. The van der Waals surface area contributed by atoms with Gasteiger partial charge in [0.05, 0.1) is 6.54 Å². The van der Waals surface area contributed by atoms with Gasteiger partial charge in [-0.3, -0.25) is 9.69 Å². The molecule has 1 atom stereocenters. The topological polar surface area (TPSA) is 70.1 Å². The maximum absolute atomic E-state index is 12.0. The lowest BCUT2D eigenvalue weighted by Crippen LogP contribution is -2.43. The Morgan fingerprint density at radius 2 is 2.09 bits per heavy atom. The molecule has 0 unspecified atom stereocenters. The first kappa shape index (κ1) is 16.3. The maximum atomic E-state index is 12.0. The van der Waals surface area contributed by atoms with Crippen molar-refractivity contribution in [2.24, 2.45) is 0 Å². The van der Waals surface area contributed by atoms with E-state index in [9.17, 15) is 9.59 Å². The van der Waals surface area contributed by atoms with Crippen molar-refractivity contribution in [1.82, 2.24) is 9.80 Å². The zero-order valence-electron chi connectivity index (χ0n) is 12.8. The standard InChI is InChI=1S/C16H22N2O4/c1-17(10-14-8-5-9-18(14)11-15(19)20)16(21)22-12-13-6-3-2-4-7-13/h2-4,6-7,14H,5,8-12H2,1H3,(H,19,20)/t14-/m1/s1. The van der Waals surface area contributed by atoms with Gasteiger partial charge in [-0.2, -0.15) is 0 Å². The Kier molecular flexibility index (Phi) is 5.77. The van der Waals surface area contributed by atoms with Crippen molar-refractivity contribution in [2.75, 3.05) is 26.7 Å². The van der Waals surface area contributed by atoms with Gasteiger partial charge in [0.25, 0.3) is 0 Å². The van der Waals surface area contributed by atoms with Crippen LogP contribution in [-0.4, -0.2) is 59.7 Å². The first-order chi connectivity index (χ1) is 10.6. The number of likely N-dealkylation sites (tertiary alicyclic amines) is 1. The summed E-state index contributed by atoms with van der Waals surface area (Å²) in [5.74, 6) is -0.832. The van der Waals surface area contributed by atoms with Gasteiger partial charge in [0, 0.05) is 19.6 Å². The zero-order chi connectivity index (χ0) is 15.9. The quantitative estimate of drug-likeness (QED) is 0.868. The molecular formula is C16H22N2O4. The molecule has 1 aromatic rings. The minimum Gasteiger partial charge on any atom is -0.480 e. The summed E-state index contributed by atoms with van der Waals surface area (Å²) in [5, 5.41) is 8.90. The average Bonchev–Trinajstić information content (AvgIpc) is 2.92. The van der Waals surface area contributed by atoms with Gasteiger partial charge in [0.1, 0.15) is 6.61 Å². The predicted molar refractivity (Wildman–Crippen MR) is 81.5 cm³/mol. The van der Waals surface area contributed by atoms with Gasteiger partial charge in [-0.1, -0.05) is 30.3 Å². The van der Waals surface area contributed by atoms with Crippen LogP contribution in [0.2, 0.25) is 0 Å². The second-order valence-electron chi connectivity index (χ2n) is 5.58. The minimum atomic E-state index is -0.832. The smallest absolute Gasteiger partial charge is 0.409 e. The van der Waals surface area contributed by atoms with E-state index in [-0.39, 0.29) is 25.3 Å². The number of ether oxygens (including phenoxy) is 1. The number of nitrogens with zero attached hydrogens (tertiary/aromatic N) is 2. The molecule has 22 heavy (non-hydrogen) atoms. The van der Waals surface area contributed by atoms with Crippen molar-refractivity contribution in [3.63, 3.8) is 0 Å². The summed E-state index contributed by atoms with van der Waals surface area (Å²) < 4.78 is 5.27. The molecule has 1 heterocycles. The lowest BCUT2D eigenvalue weighted by atomic mass is 10.2. The van der Waals surface area contributed by atoms with Gasteiger partial charge >= 0.3 is 12.1 Å². The van der Waals surface area contributed by atoms with Crippen LogP contribution in [0.25, 0.3) is 0 Å². The molecule has 1 aliphatic rings. The molecule has 0 aromatic heterocycles. The fourth-order valence-corrected chi connectivity index (χ4v) is 2.70. The van der Waals surface area contributed by atoms with Gasteiger partial charge in [-0.25, -0.2) is 4.79 Å². The van der Waals surface area contributed by atoms with Crippen LogP contribution in [0.3, 0.4) is 0 Å². The number of amides is 1. The van der Waals surface area contributed by atoms with Crippen LogP contribution in [0.15, 0.2) is 30.3 Å². The molecule has 1 saturated heterocycles. The van der Waals surface area contributed by atoms with Crippen molar-refractivity contribution in [1.29, 1.82) is 0 Å². The molecule has 1 N–H and O–H groups in total. The fraction of sp³-hybridized carbons (Fsp3) is 0.500. The summed E-state index contributed by atoms with van der Waals surface area (Å²) >= 11 is 0. The first-order valence-corrected chi connectivity index (χ1v) is 7.44. The van der Waals surface area contributed by atoms with Crippen molar-refractivity contribution in [2.45, 2.75) is 25.5 Å². The number of benzene rings is 1. The summed E-state index contributed by atoms with van der Waals surface area (Å²) in [7, 11) is 1.69. The summed E-state index contributed by atoms with van der Waals surface area (Å²) in [4.78, 5) is 26.3. The number of carbonyl (C=O) groups excluding carboxylic acids is 1. The van der Waals surface area contributed by atoms with Gasteiger partial charge in [0.2, 0.25) is 0 Å². The normalized spacial score (nSPS) is 18.1. The maximum Gasteiger partial charge on any atom is 0.409 e. The Morgan fingerprint density at radius 3 is 2.77 bits per heavy atom. The van der Waals surface area contributed by atoms with E-state index in [1.165, 1.54) is 4.90 Å². The highest BCUT2D eigenvalue weighted by molar-refractivity contribution is 5.69. The van der Waals surface area contributed by atoms with Crippen LogP contribution in [0, 0.1) is 0 Å². The number of likely N-dealkylation sites (N-methyl/N-ethyl adjacent to an activating group) is 1. The summed E-state index contributed by atoms with van der Waals surface area (Å²) in [6.45, 7) is 1.52. The van der Waals surface area contributed by atoms with Gasteiger partial charge < -0.3 is 14.7 Å². The van der Waals surface area contributed by atoms with Crippen LogP contribution in [0.4, 0.5) is 4.79 Å². The molecule has 1 aliphatic heterocycles. The van der Waals surface area contributed by atoms with Crippen molar-refractivity contribution in [3.05, 3.63) is 35.9 Å². The van der Waals surface area contributed by atoms with E-state index in [0.29, 0.717) is 6.54 Å². The number of aliphatic carboxylic acids is 1. The van der Waals surface area contributed by atoms with Crippen LogP contribution in [-0.2, 0) is 16.1 Å². The third kappa shape index (κ3) is 4.73. The molecule has 0 radical (unpaired) electrons. The summed E-state index contributed by atoms with van der Waals surface area (Å²) in [6, 6.07) is 9.60. The molecule has 1 fully saturated rings. The summed E-state index contributed by atoms with van der Waals surface area (Å²) in [6.07, 6.45) is 1.49. The number of carboxylic acids is 1. The largest absolute Gasteiger partial charge is 0.480 e. The number of rotatable bonds is 6. The number of carbonyl (C=O) groups is 2. The Hall–Kier alpha value is -2.08. The van der Waals surface area contributed by atoms with E-state index in [0.717, 1.165) is 24.9 Å². The van der Waals surface area contributed by atoms with E-state index in [2.05, 4.69) is 0 Å². The molecule has 0 saturated carbocycles. The number of hydrogen-bond acceptors (Lipinski definition) is 4. The molecular weight excluding hydrogens is 284 g/mol. The van der Waals surface area contributed by atoms with Crippen molar-refractivity contribution in [3.8, 4) is 0 Å². The summed E-state index contributed by atoms with van der Waals surface area (Å²) in [5.41, 5.74) is 0.942. The minimum absolute atomic E-state index is 0.0254. The molecule has 120 valence electrons. The third-order valence-electron chi connectivity index (χ3n) is 3.84. The SMILES string of the molecule is CN(C[C@H]1CCCN1CC(=O)O)C(=O)OCc1ccccc1. The van der Waals surface area contributed by atoms with E-state index in [1.807, 2.05) is 35.2 Å². The molecule has 0 spiro atoms. The van der Waals surface area contributed by atoms with Crippen LogP contribution < -0.4 is 0 Å². The Labute approximate surface area is 130 Å². The molecule has 0 aliphatic carbocycles. The second-order valence-corrected chi connectivity index (χ2v) is 5.58. The van der Waals surface area contributed by atoms with Gasteiger partial charge in [-0.05, 0) is 24.9 Å². The number of hydrogen-bond donors (Lipinski definition) is 1. The molecule has 1 amide bonds. The van der Waals surface area contributed by atoms with Crippen molar-refractivity contribution < 1.29 is 19.4 Å².